The Kier molecular flexibility index (Phi) is 6.41. The van der Waals surface area contributed by atoms with Gasteiger partial charge in [0.2, 0.25) is 0 Å². The van der Waals surface area contributed by atoms with Gasteiger partial charge in [-0.1, -0.05) is 25.1 Å². The molecule has 4 fully saturated rings. The normalized spacial score (nSPS) is 36.0. The Morgan fingerprint density at radius 1 is 0.978 bits per heavy atom. The van der Waals surface area contributed by atoms with Gasteiger partial charge < -0.3 is 33.7 Å². The van der Waals surface area contributed by atoms with Crippen LogP contribution >= 0.6 is 0 Å². The van der Waals surface area contributed by atoms with Crippen molar-refractivity contribution < 1.29 is 33.3 Å². The Balaban J connectivity index is 1.11. The number of carbonyl (C=O) groups is 3. The lowest BCUT2D eigenvalue weighted by atomic mass is 9.49. The highest BCUT2D eigenvalue weighted by Gasteiger charge is 2.69. The van der Waals surface area contributed by atoms with Crippen LogP contribution in [0.25, 0.3) is 10.9 Å². The number of carbonyl (C=O) groups excluding carboxylic acids is 3. The van der Waals surface area contributed by atoms with Gasteiger partial charge in [0.1, 0.15) is 17.3 Å². The summed E-state index contributed by atoms with van der Waals surface area (Å²) in [6, 6.07) is 8.48. The molecule has 6 aliphatic rings. The van der Waals surface area contributed by atoms with E-state index < -0.39 is 29.2 Å². The summed E-state index contributed by atoms with van der Waals surface area (Å²) in [4.78, 5) is 47.2. The first kappa shape index (κ1) is 30.0. The van der Waals surface area contributed by atoms with Crippen molar-refractivity contribution in [3.63, 3.8) is 0 Å². The predicted octanol–water partition coefficient (Wildman–Crippen LogP) is 5.70. The molecule has 1 spiro atoms. The highest BCUT2D eigenvalue weighted by atomic mass is 16.8. The van der Waals surface area contributed by atoms with Gasteiger partial charge in [0, 0.05) is 61.0 Å². The monoisotopic (exact) mass is 631 g/mol. The van der Waals surface area contributed by atoms with Crippen LogP contribution in [0, 0.1) is 17.3 Å². The first-order valence-corrected chi connectivity index (χ1v) is 16.9. The Hall–Kier alpha value is -3.37. The van der Waals surface area contributed by atoms with Crippen molar-refractivity contribution in [1.82, 2.24) is 14.8 Å². The van der Waals surface area contributed by atoms with Gasteiger partial charge in [-0.2, -0.15) is 0 Å². The average Bonchev–Trinajstić information content (AvgIpc) is 3.60. The molecule has 1 aromatic carbocycles. The molecule has 10 heteroatoms. The first-order valence-electron chi connectivity index (χ1n) is 16.9. The van der Waals surface area contributed by atoms with Crippen LogP contribution in [0.1, 0.15) is 78.0 Å². The Bertz CT molecular complexity index is 1660. The molecule has 8 rings (SSSR count). The third-order valence-corrected chi connectivity index (χ3v) is 11.6. The largest absolute Gasteiger partial charge is 0.445 e. The number of rotatable bonds is 1. The Labute approximate surface area is 269 Å². The summed E-state index contributed by atoms with van der Waals surface area (Å²) < 4.78 is 25.3. The summed E-state index contributed by atoms with van der Waals surface area (Å²) in [7, 11) is 0. The summed E-state index contributed by atoms with van der Waals surface area (Å²) >= 11 is 0. The Morgan fingerprint density at radius 3 is 2.39 bits per heavy atom. The summed E-state index contributed by atoms with van der Waals surface area (Å²) in [5.74, 6) is -0.832. The SMILES string of the molecule is CC(C)(C)OC(=O)N1CCN(C(=O)O[C@H]2CC3Cc4c([nH]c5ccccc45)C3C3(C)CCC45OC(C(=O)C=C4C23)C(C)(C)O5)CC1. The second-order valence-corrected chi connectivity index (χ2v) is 16.1. The molecule has 10 nitrogen and oxygen atoms in total. The zero-order chi connectivity index (χ0) is 32.4. The quantitative estimate of drug-likeness (QED) is 0.430. The molecule has 4 heterocycles. The predicted molar refractivity (Wildman–Crippen MR) is 169 cm³/mol. The van der Waals surface area contributed by atoms with Crippen molar-refractivity contribution in [1.29, 1.82) is 0 Å². The lowest BCUT2D eigenvalue weighted by Crippen LogP contribution is -2.59. The number of hydrogen-bond acceptors (Lipinski definition) is 7. The third-order valence-electron chi connectivity index (χ3n) is 11.6. The third kappa shape index (κ3) is 4.39. The molecular formula is C36H45N3O7. The number of benzene rings is 1. The molecule has 0 radical (unpaired) electrons. The fourth-order valence-corrected chi connectivity index (χ4v) is 9.76. The van der Waals surface area contributed by atoms with Crippen LogP contribution in [-0.2, 0) is 30.2 Å². The summed E-state index contributed by atoms with van der Waals surface area (Å²) in [5, 5.41) is 1.26. The Morgan fingerprint density at radius 2 is 1.67 bits per heavy atom. The topological polar surface area (TPSA) is 110 Å². The molecule has 46 heavy (non-hydrogen) atoms. The van der Waals surface area contributed by atoms with Gasteiger partial charge in [-0.05, 0) is 88.5 Å². The number of aromatic amines is 1. The van der Waals surface area contributed by atoms with Crippen molar-refractivity contribution in [2.75, 3.05) is 26.2 Å². The van der Waals surface area contributed by atoms with Gasteiger partial charge in [0.15, 0.2) is 17.7 Å². The number of nitrogens with zero attached hydrogens (tertiary/aromatic N) is 2. The van der Waals surface area contributed by atoms with Crippen LogP contribution in [0.5, 0.6) is 0 Å². The number of hydrogen-bond donors (Lipinski definition) is 1. The number of H-pyrrole nitrogens is 1. The van der Waals surface area contributed by atoms with Crippen molar-refractivity contribution in [3.05, 3.63) is 47.2 Å². The number of ether oxygens (including phenoxy) is 4. The van der Waals surface area contributed by atoms with E-state index in [2.05, 4.69) is 36.2 Å². The van der Waals surface area contributed by atoms with Crippen LogP contribution in [0.15, 0.2) is 35.9 Å². The molecule has 2 saturated heterocycles. The molecular weight excluding hydrogens is 586 g/mol. The van der Waals surface area contributed by atoms with Crippen molar-refractivity contribution >= 4 is 28.9 Å². The first-order chi connectivity index (χ1) is 21.7. The van der Waals surface area contributed by atoms with Gasteiger partial charge in [-0.15, -0.1) is 0 Å². The summed E-state index contributed by atoms with van der Waals surface area (Å²) in [6.07, 6.45) is 2.96. The van der Waals surface area contributed by atoms with Crippen LogP contribution in [0.4, 0.5) is 9.59 Å². The number of amides is 2. The van der Waals surface area contributed by atoms with Gasteiger partial charge in [-0.3, -0.25) is 4.79 Å². The zero-order valence-corrected chi connectivity index (χ0v) is 27.7. The number of ketones is 1. The highest BCUT2D eigenvalue weighted by Crippen LogP contribution is 2.68. The van der Waals surface area contributed by atoms with Gasteiger partial charge in [-0.25, -0.2) is 9.59 Å². The average molecular weight is 632 g/mol. The lowest BCUT2D eigenvalue weighted by Gasteiger charge is -2.59. The van der Waals surface area contributed by atoms with E-state index in [0.29, 0.717) is 39.0 Å². The molecule has 2 aromatic rings. The summed E-state index contributed by atoms with van der Waals surface area (Å²) in [5.41, 5.74) is 2.98. The number of fused-ring (bicyclic) bond motifs is 9. The van der Waals surface area contributed by atoms with E-state index >= 15 is 0 Å². The lowest BCUT2D eigenvalue weighted by molar-refractivity contribution is -0.210. The number of aromatic nitrogens is 1. The molecule has 1 aromatic heterocycles. The fourth-order valence-electron chi connectivity index (χ4n) is 9.76. The highest BCUT2D eigenvalue weighted by molar-refractivity contribution is 5.97. The minimum Gasteiger partial charge on any atom is -0.445 e. The van der Waals surface area contributed by atoms with E-state index in [9.17, 15) is 14.4 Å². The molecule has 2 saturated carbocycles. The summed E-state index contributed by atoms with van der Waals surface area (Å²) in [6.45, 7) is 13.2. The van der Waals surface area contributed by atoms with Crippen molar-refractivity contribution in [2.45, 2.75) is 102 Å². The molecule has 2 amide bonds. The van der Waals surface area contributed by atoms with Crippen LogP contribution in [-0.4, -0.2) is 88.1 Å². The maximum absolute atomic E-state index is 13.9. The molecule has 1 N–H and O–H groups in total. The fraction of sp³-hybridized carbons (Fsp3) is 0.639. The van der Waals surface area contributed by atoms with E-state index in [-0.39, 0.29) is 41.1 Å². The van der Waals surface area contributed by atoms with Crippen molar-refractivity contribution in [3.8, 4) is 0 Å². The molecule has 6 unspecified atom stereocenters. The van der Waals surface area contributed by atoms with Crippen LogP contribution < -0.4 is 0 Å². The minimum absolute atomic E-state index is 0.0828. The maximum atomic E-state index is 13.9. The zero-order valence-electron chi connectivity index (χ0n) is 27.7. The standard InChI is InChI=1S/C36H45N3O7/c1-33(2,3)45-32(42)39-15-13-38(14-16-39)31(41)43-26-18-20-17-22-21-9-7-8-10-24(21)37-29(22)27(20)35(6)11-12-36-23(28(26)35)19-25(40)30(44-36)34(4,5)46-36/h7-10,19-20,26-28,30,37H,11-18H2,1-6H3/t20?,26-,27?,28?,30?,35?,36?/m0/s1. The number of nitrogens with one attached hydrogen (secondary N) is 1. The van der Waals surface area contributed by atoms with E-state index in [4.69, 9.17) is 18.9 Å². The minimum atomic E-state index is -0.995. The molecule has 3 aliphatic carbocycles. The maximum Gasteiger partial charge on any atom is 0.410 e. The number of para-hydroxylation sites is 1. The molecule has 246 valence electrons. The smallest absolute Gasteiger partial charge is 0.410 e. The van der Waals surface area contributed by atoms with Gasteiger partial charge in [0.05, 0.1) is 0 Å². The van der Waals surface area contributed by atoms with Crippen LogP contribution in [0.2, 0.25) is 0 Å². The second-order valence-electron chi connectivity index (χ2n) is 16.1. The second kappa shape index (κ2) is 9.83. The van der Waals surface area contributed by atoms with Crippen LogP contribution in [0.3, 0.4) is 0 Å². The number of piperazine rings is 1. The molecule has 7 atom stereocenters. The molecule has 3 aliphatic heterocycles. The van der Waals surface area contributed by atoms with Gasteiger partial charge >= 0.3 is 12.2 Å². The van der Waals surface area contributed by atoms with E-state index in [1.165, 1.54) is 16.6 Å². The van der Waals surface area contributed by atoms with E-state index in [1.807, 2.05) is 34.6 Å². The van der Waals surface area contributed by atoms with Crippen molar-refractivity contribution in [2.24, 2.45) is 17.3 Å². The van der Waals surface area contributed by atoms with Gasteiger partial charge in [0.25, 0.3) is 0 Å². The van der Waals surface area contributed by atoms with E-state index in [0.717, 1.165) is 23.9 Å². The van der Waals surface area contributed by atoms with E-state index in [1.54, 1.807) is 15.9 Å². The molecule has 2 bridgehead atoms.